The molecule has 0 aromatic carbocycles. The Bertz CT molecular complexity index is 556. The zero-order valence-electron chi connectivity index (χ0n) is 12.0. The van der Waals surface area contributed by atoms with Crippen LogP contribution in [0.25, 0.3) is 0 Å². The average Bonchev–Trinajstić information content (AvgIpc) is 2.65. The van der Waals surface area contributed by atoms with E-state index in [0.29, 0.717) is 12.1 Å². The minimum atomic E-state index is -3.56. The average molecular weight is 320 g/mol. The molecule has 1 aromatic heterocycles. The van der Waals surface area contributed by atoms with Gasteiger partial charge < -0.3 is 0 Å². The predicted octanol–water partition coefficient (Wildman–Crippen LogP) is 2.80. The second kappa shape index (κ2) is 6.45. The maximum Gasteiger partial charge on any atom is 0.262 e. The molecule has 5 nitrogen and oxygen atoms in total. The summed E-state index contributed by atoms with van der Waals surface area (Å²) in [5.74, 6) is 0.154. The molecule has 2 heterocycles. The van der Waals surface area contributed by atoms with E-state index in [-0.39, 0.29) is 16.9 Å². The molecule has 1 unspecified atom stereocenters. The molecule has 0 amide bonds. The van der Waals surface area contributed by atoms with Gasteiger partial charge in [-0.25, -0.2) is 8.42 Å². The highest BCUT2D eigenvalue weighted by atomic mass is 35.5. The maximum absolute atomic E-state index is 12.9. The van der Waals surface area contributed by atoms with E-state index in [9.17, 15) is 8.42 Å². The molecule has 1 N–H and O–H groups in total. The summed E-state index contributed by atoms with van der Waals surface area (Å²) in [6, 6.07) is 0.0719. The minimum Gasteiger partial charge on any atom is -0.281 e. The van der Waals surface area contributed by atoms with Crippen molar-refractivity contribution >= 4 is 21.6 Å². The van der Waals surface area contributed by atoms with Gasteiger partial charge in [-0.05, 0) is 26.2 Å². The van der Waals surface area contributed by atoms with Gasteiger partial charge in [0.15, 0.2) is 5.03 Å². The number of rotatable bonds is 4. The maximum atomic E-state index is 12.9. The van der Waals surface area contributed by atoms with E-state index in [1.54, 1.807) is 11.2 Å². The van der Waals surface area contributed by atoms with Crippen molar-refractivity contribution in [1.82, 2.24) is 14.5 Å². The highest BCUT2D eigenvalue weighted by Crippen LogP contribution is 2.28. The first-order valence-corrected chi connectivity index (χ1v) is 9.11. The van der Waals surface area contributed by atoms with Gasteiger partial charge in [0.1, 0.15) is 0 Å². The molecule has 2 rings (SSSR count). The third kappa shape index (κ3) is 2.87. The Hall–Kier alpha value is -0.590. The number of sulfonamides is 1. The fourth-order valence-electron chi connectivity index (χ4n) is 2.79. The molecular weight excluding hydrogens is 298 g/mol. The van der Waals surface area contributed by atoms with Gasteiger partial charge in [-0.15, -0.1) is 11.6 Å². The van der Waals surface area contributed by atoms with Crippen LogP contribution in [0.3, 0.4) is 0 Å². The summed E-state index contributed by atoms with van der Waals surface area (Å²) in [4.78, 5) is 0. The van der Waals surface area contributed by atoms with Crippen LogP contribution in [0, 0.1) is 6.92 Å². The zero-order valence-corrected chi connectivity index (χ0v) is 13.6. The summed E-state index contributed by atoms with van der Waals surface area (Å²) in [6.07, 6.45) is 4.85. The second-order valence-electron chi connectivity index (χ2n) is 5.29. The highest BCUT2D eigenvalue weighted by molar-refractivity contribution is 7.89. The lowest BCUT2D eigenvalue weighted by molar-refractivity contribution is 0.314. The van der Waals surface area contributed by atoms with Gasteiger partial charge in [-0.3, -0.25) is 5.10 Å². The summed E-state index contributed by atoms with van der Waals surface area (Å²) >= 11 is 5.88. The topological polar surface area (TPSA) is 66.1 Å². The normalized spacial score (nSPS) is 21.9. The van der Waals surface area contributed by atoms with E-state index in [0.717, 1.165) is 37.8 Å². The van der Waals surface area contributed by atoms with Crippen LogP contribution in [0.4, 0.5) is 0 Å². The number of aromatic nitrogens is 2. The lowest BCUT2D eigenvalue weighted by Crippen LogP contribution is -2.40. The number of alkyl halides is 1. The fourth-order valence-corrected chi connectivity index (χ4v) is 5.13. The van der Waals surface area contributed by atoms with E-state index in [1.165, 1.54) is 0 Å². The van der Waals surface area contributed by atoms with Crippen LogP contribution >= 0.6 is 11.6 Å². The summed E-state index contributed by atoms with van der Waals surface area (Å²) in [5.41, 5.74) is 1.31. The molecule has 1 aliphatic rings. The van der Waals surface area contributed by atoms with Crippen molar-refractivity contribution in [2.24, 2.45) is 0 Å². The smallest absolute Gasteiger partial charge is 0.262 e. The van der Waals surface area contributed by atoms with Crippen molar-refractivity contribution in [3.63, 3.8) is 0 Å². The molecule has 0 aliphatic carbocycles. The number of hydrogen-bond acceptors (Lipinski definition) is 3. The predicted molar refractivity (Wildman–Crippen MR) is 79.3 cm³/mol. The van der Waals surface area contributed by atoms with Crippen LogP contribution in [-0.2, 0) is 15.9 Å². The van der Waals surface area contributed by atoms with Crippen molar-refractivity contribution in [2.45, 2.75) is 62.9 Å². The Kier molecular flexibility index (Phi) is 5.09. The third-order valence-electron chi connectivity index (χ3n) is 4.02. The number of nitrogens with one attached hydrogen (secondary N) is 1. The number of aryl methyl sites for hydroxylation is 1. The van der Waals surface area contributed by atoms with Crippen LogP contribution in [0.2, 0.25) is 0 Å². The highest BCUT2D eigenvalue weighted by Gasteiger charge is 2.35. The van der Waals surface area contributed by atoms with E-state index >= 15 is 0 Å². The molecule has 114 valence electrons. The number of H-pyrrole nitrogens is 1. The van der Waals surface area contributed by atoms with Gasteiger partial charge in [-0.2, -0.15) is 9.40 Å². The van der Waals surface area contributed by atoms with Crippen molar-refractivity contribution in [2.75, 3.05) is 6.54 Å². The molecule has 1 saturated heterocycles. The van der Waals surface area contributed by atoms with Gasteiger partial charge in [0.2, 0.25) is 0 Å². The van der Waals surface area contributed by atoms with Crippen molar-refractivity contribution in [3.8, 4) is 0 Å². The Labute approximate surface area is 125 Å². The molecule has 1 fully saturated rings. The van der Waals surface area contributed by atoms with E-state index < -0.39 is 10.0 Å². The quantitative estimate of drug-likeness (QED) is 0.868. The van der Waals surface area contributed by atoms with Crippen molar-refractivity contribution in [1.29, 1.82) is 0 Å². The van der Waals surface area contributed by atoms with Crippen LogP contribution in [-0.4, -0.2) is 35.5 Å². The molecule has 1 aromatic rings. The first-order valence-electron chi connectivity index (χ1n) is 7.14. The number of nitrogens with zero attached hydrogens (tertiary/aromatic N) is 2. The monoisotopic (exact) mass is 319 g/mol. The molecular formula is C13H22ClN3O2S. The molecule has 0 radical (unpaired) electrons. The lowest BCUT2D eigenvalue weighted by Gasteiger charge is -2.27. The van der Waals surface area contributed by atoms with E-state index in [2.05, 4.69) is 10.2 Å². The van der Waals surface area contributed by atoms with E-state index in [4.69, 9.17) is 11.6 Å². The lowest BCUT2D eigenvalue weighted by atomic mass is 10.1. The van der Waals surface area contributed by atoms with Crippen LogP contribution in [0.5, 0.6) is 0 Å². The SMILES string of the molecule is CCC1CCCCCN1S(=O)(=O)c1n[nH]c(C)c1CCl. The summed E-state index contributed by atoms with van der Waals surface area (Å²) in [5, 5.41) is 6.84. The Morgan fingerprint density at radius 3 is 2.80 bits per heavy atom. The summed E-state index contributed by atoms with van der Waals surface area (Å²) < 4.78 is 27.4. The van der Waals surface area contributed by atoms with Gasteiger partial charge in [0.05, 0.1) is 5.88 Å². The standard InChI is InChI=1S/C13H22ClN3O2S/c1-3-11-7-5-4-6-8-17(11)20(18,19)13-12(9-14)10(2)15-16-13/h11H,3-9H2,1-2H3,(H,15,16). The Morgan fingerprint density at radius 2 is 2.15 bits per heavy atom. The molecule has 0 saturated carbocycles. The van der Waals surface area contributed by atoms with Crippen molar-refractivity contribution < 1.29 is 8.42 Å². The molecule has 0 bridgehead atoms. The largest absolute Gasteiger partial charge is 0.281 e. The summed E-state index contributed by atoms with van der Waals surface area (Å²) in [7, 11) is -3.56. The van der Waals surface area contributed by atoms with Crippen LogP contribution in [0.1, 0.15) is 50.3 Å². The van der Waals surface area contributed by atoms with Crippen molar-refractivity contribution in [3.05, 3.63) is 11.3 Å². The Balaban J connectivity index is 2.41. The van der Waals surface area contributed by atoms with Gasteiger partial charge >= 0.3 is 0 Å². The zero-order chi connectivity index (χ0) is 14.8. The molecule has 0 spiro atoms. The molecule has 20 heavy (non-hydrogen) atoms. The first-order chi connectivity index (χ1) is 9.52. The van der Waals surface area contributed by atoms with Crippen LogP contribution < -0.4 is 0 Å². The van der Waals surface area contributed by atoms with E-state index in [1.807, 2.05) is 6.92 Å². The van der Waals surface area contributed by atoms with Gasteiger partial charge in [0.25, 0.3) is 10.0 Å². The number of aromatic amines is 1. The molecule has 1 aliphatic heterocycles. The molecule has 1 atom stereocenters. The van der Waals surface area contributed by atoms with Crippen LogP contribution in [0.15, 0.2) is 5.03 Å². The number of halogens is 1. The molecule has 7 heteroatoms. The minimum absolute atomic E-state index is 0.0719. The summed E-state index contributed by atoms with van der Waals surface area (Å²) in [6.45, 7) is 4.41. The van der Waals surface area contributed by atoms with Gasteiger partial charge in [0, 0.05) is 23.8 Å². The Morgan fingerprint density at radius 1 is 1.40 bits per heavy atom. The number of hydrogen-bond donors (Lipinski definition) is 1. The second-order valence-corrected chi connectivity index (χ2v) is 7.37. The third-order valence-corrected chi connectivity index (χ3v) is 6.21. The fraction of sp³-hybridized carbons (Fsp3) is 0.769. The first kappa shape index (κ1) is 15.8. The van der Waals surface area contributed by atoms with Gasteiger partial charge in [-0.1, -0.05) is 19.8 Å².